The SMILES string of the molecule is CCN(Cc1ccccc1)c1nc2c(s1)CCCC2N. The van der Waals surface area contributed by atoms with Gasteiger partial charge in [0.1, 0.15) is 0 Å². The predicted molar refractivity (Wildman–Crippen MR) is 85.1 cm³/mol. The lowest BCUT2D eigenvalue weighted by molar-refractivity contribution is 0.563. The molecule has 106 valence electrons. The highest BCUT2D eigenvalue weighted by Gasteiger charge is 2.23. The number of benzene rings is 1. The van der Waals surface area contributed by atoms with Crippen LogP contribution in [0.3, 0.4) is 0 Å². The number of rotatable bonds is 4. The van der Waals surface area contributed by atoms with Crippen molar-refractivity contribution >= 4 is 16.5 Å². The quantitative estimate of drug-likeness (QED) is 0.935. The van der Waals surface area contributed by atoms with Gasteiger partial charge >= 0.3 is 0 Å². The van der Waals surface area contributed by atoms with E-state index in [1.807, 2.05) is 11.3 Å². The summed E-state index contributed by atoms with van der Waals surface area (Å²) < 4.78 is 0. The van der Waals surface area contributed by atoms with Crippen LogP contribution in [0.4, 0.5) is 5.13 Å². The zero-order valence-corrected chi connectivity index (χ0v) is 12.7. The number of hydrogen-bond acceptors (Lipinski definition) is 4. The molecule has 1 unspecified atom stereocenters. The van der Waals surface area contributed by atoms with Crippen molar-refractivity contribution in [3.05, 3.63) is 46.5 Å². The Bertz CT molecular complexity index is 564. The predicted octanol–water partition coefficient (Wildman–Crippen LogP) is 3.51. The molecular formula is C16H21N3S. The molecule has 1 heterocycles. The van der Waals surface area contributed by atoms with E-state index in [4.69, 9.17) is 10.7 Å². The number of nitrogens with zero attached hydrogens (tertiary/aromatic N) is 2. The molecule has 3 rings (SSSR count). The molecule has 1 atom stereocenters. The van der Waals surface area contributed by atoms with E-state index in [2.05, 4.69) is 42.2 Å². The normalized spacial score (nSPS) is 17.8. The average Bonchev–Trinajstić information content (AvgIpc) is 2.91. The topological polar surface area (TPSA) is 42.2 Å². The second kappa shape index (κ2) is 5.94. The minimum absolute atomic E-state index is 0.138. The fourth-order valence-electron chi connectivity index (χ4n) is 2.69. The van der Waals surface area contributed by atoms with Gasteiger partial charge in [-0.1, -0.05) is 30.3 Å². The smallest absolute Gasteiger partial charge is 0.186 e. The summed E-state index contributed by atoms with van der Waals surface area (Å²) in [6.45, 7) is 4.07. The molecule has 0 saturated carbocycles. The molecule has 0 amide bonds. The maximum absolute atomic E-state index is 6.18. The van der Waals surface area contributed by atoms with Gasteiger partial charge in [-0.25, -0.2) is 4.98 Å². The lowest BCUT2D eigenvalue weighted by Gasteiger charge is -2.19. The highest BCUT2D eigenvalue weighted by molar-refractivity contribution is 7.15. The number of hydrogen-bond donors (Lipinski definition) is 1. The molecule has 1 aliphatic carbocycles. The van der Waals surface area contributed by atoms with E-state index in [1.54, 1.807) is 0 Å². The van der Waals surface area contributed by atoms with E-state index in [1.165, 1.54) is 16.9 Å². The maximum Gasteiger partial charge on any atom is 0.186 e. The standard InChI is InChI=1S/C16H21N3S/c1-2-19(11-12-7-4-3-5-8-12)16-18-15-13(17)9-6-10-14(15)20-16/h3-5,7-8,13H,2,6,9-11,17H2,1H3. The Labute approximate surface area is 124 Å². The number of aromatic nitrogens is 1. The van der Waals surface area contributed by atoms with Crippen molar-refractivity contribution in [2.45, 2.75) is 38.8 Å². The molecule has 0 bridgehead atoms. The first-order chi connectivity index (χ1) is 9.78. The summed E-state index contributed by atoms with van der Waals surface area (Å²) >= 11 is 1.83. The molecule has 0 fully saturated rings. The molecule has 1 aromatic carbocycles. The Morgan fingerprint density at radius 2 is 2.15 bits per heavy atom. The number of aryl methyl sites for hydroxylation is 1. The summed E-state index contributed by atoms with van der Waals surface area (Å²) in [5, 5.41) is 1.12. The first kappa shape index (κ1) is 13.6. The molecule has 4 heteroatoms. The van der Waals surface area contributed by atoms with Crippen LogP contribution in [0.25, 0.3) is 0 Å². The largest absolute Gasteiger partial charge is 0.344 e. The number of thiazole rings is 1. The van der Waals surface area contributed by atoms with Crippen molar-refractivity contribution in [2.75, 3.05) is 11.4 Å². The monoisotopic (exact) mass is 287 g/mol. The van der Waals surface area contributed by atoms with Crippen LogP contribution in [0.1, 0.15) is 41.9 Å². The molecular weight excluding hydrogens is 266 g/mol. The van der Waals surface area contributed by atoms with E-state index in [0.717, 1.165) is 36.8 Å². The Hall–Kier alpha value is -1.39. The van der Waals surface area contributed by atoms with E-state index in [0.29, 0.717) is 0 Å². The van der Waals surface area contributed by atoms with Gasteiger partial charge in [0.05, 0.1) is 5.69 Å². The summed E-state index contributed by atoms with van der Waals surface area (Å²) in [4.78, 5) is 8.55. The summed E-state index contributed by atoms with van der Waals surface area (Å²) in [6, 6.07) is 10.7. The van der Waals surface area contributed by atoms with Gasteiger partial charge in [0, 0.05) is 24.0 Å². The first-order valence-electron chi connectivity index (χ1n) is 7.32. The summed E-state index contributed by atoms with van der Waals surface area (Å²) in [6.07, 6.45) is 3.41. The Kier molecular flexibility index (Phi) is 4.03. The van der Waals surface area contributed by atoms with Crippen LogP contribution in [0, 0.1) is 0 Å². The molecule has 20 heavy (non-hydrogen) atoms. The van der Waals surface area contributed by atoms with Crippen molar-refractivity contribution < 1.29 is 0 Å². The van der Waals surface area contributed by atoms with Gasteiger partial charge < -0.3 is 10.6 Å². The van der Waals surface area contributed by atoms with Crippen LogP contribution in [-0.2, 0) is 13.0 Å². The van der Waals surface area contributed by atoms with Crippen molar-refractivity contribution in [3.63, 3.8) is 0 Å². The second-order valence-corrected chi connectivity index (χ2v) is 6.37. The maximum atomic E-state index is 6.18. The molecule has 2 aromatic rings. The number of nitrogens with two attached hydrogens (primary N) is 1. The highest BCUT2D eigenvalue weighted by atomic mass is 32.1. The highest BCUT2D eigenvalue weighted by Crippen LogP contribution is 2.35. The number of fused-ring (bicyclic) bond motifs is 1. The third kappa shape index (κ3) is 2.72. The van der Waals surface area contributed by atoms with Gasteiger partial charge in [-0.15, -0.1) is 11.3 Å². The summed E-state index contributed by atoms with van der Waals surface area (Å²) in [5.41, 5.74) is 8.65. The van der Waals surface area contributed by atoms with Crippen LogP contribution >= 0.6 is 11.3 Å². The fraction of sp³-hybridized carbons (Fsp3) is 0.438. The summed E-state index contributed by atoms with van der Waals surface area (Å²) in [5.74, 6) is 0. The zero-order chi connectivity index (χ0) is 13.9. The lowest BCUT2D eigenvalue weighted by atomic mass is 9.99. The van der Waals surface area contributed by atoms with Gasteiger partial charge in [-0.05, 0) is 31.7 Å². The average molecular weight is 287 g/mol. The molecule has 2 N–H and O–H groups in total. The fourth-order valence-corrected chi connectivity index (χ4v) is 3.93. The van der Waals surface area contributed by atoms with E-state index in [9.17, 15) is 0 Å². The third-order valence-corrected chi connectivity index (χ3v) is 5.05. The first-order valence-corrected chi connectivity index (χ1v) is 8.13. The molecule has 1 aliphatic rings. The third-order valence-electron chi connectivity index (χ3n) is 3.85. The van der Waals surface area contributed by atoms with Gasteiger partial charge in [-0.3, -0.25) is 0 Å². The van der Waals surface area contributed by atoms with Crippen molar-refractivity contribution in [1.29, 1.82) is 0 Å². The molecule has 0 spiro atoms. The van der Waals surface area contributed by atoms with Crippen LogP contribution in [0.15, 0.2) is 30.3 Å². The van der Waals surface area contributed by atoms with Gasteiger partial charge in [0.15, 0.2) is 5.13 Å². The van der Waals surface area contributed by atoms with Crippen molar-refractivity contribution in [1.82, 2.24) is 4.98 Å². The minimum Gasteiger partial charge on any atom is -0.344 e. The van der Waals surface area contributed by atoms with E-state index >= 15 is 0 Å². The van der Waals surface area contributed by atoms with Crippen molar-refractivity contribution in [2.24, 2.45) is 5.73 Å². The van der Waals surface area contributed by atoms with Gasteiger partial charge in [0.25, 0.3) is 0 Å². The Morgan fingerprint density at radius 3 is 2.85 bits per heavy atom. The number of anilines is 1. The minimum atomic E-state index is 0.138. The molecule has 0 saturated heterocycles. The van der Waals surface area contributed by atoms with Gasteiger partial charge in [0.2, 0.25) is 0 Å². The molecule has 3 nitrogen and oxygen atoms in total. The Morgan fingerprint density at radius 1 is 1.35 bits per heavy atom. The second-order valence-electron chi connectivity index (χ2n) is 5.30. The zero-order valence-electron chi connectivity index (χ0n) is 11.9. The lowest BCUT2D eigenvalue weighted by Crippen LogP contribution is -2.22. The van der Waals surface area contributed by atoms with Gasteiger partial charge in [-0.2, -0.15) is 0 Å². The molecule has 0 aliphatic heterocycles. The van der Waals surface area contributed by atoms with Crippen LogP contribution in [-0.4, -0.2) is 11.5 Å². The summed E-state index contributed by atoms with van der Waals surface area (Å²) in [7, 11) is 0. The molecule has 0 radical (unpaired) electrons. The van der Waals surface area contributed by atoms with Crippen LogP contribution < -0.4 is 10.6 Å². The van der Waals surface area contributed by atoms with Crippen molar-refractivity contribution in [3.8, 4) is 0 Å². The van der Waals surface area contributed by atoms with E-state index in [-0.39, 0.29) is 6.04 Å². The van der Waals surface area contributed by atoms with E-state index < -0.39 is 0 Å². The molecule has 1 aromatic heterocycles. The van der Waals surface area contributed by atoms with Crippen LogP contribution in [0.5, 0.6) is 0 Å². The Balaban J connectivity index is 1.83. The van der Waals surface area contributed by atoms with Crippen LogP contribution in [0.2, 0.25) is 0 Å².